The monoisotopic (exact) mass is 490 g/mol. The van der Waals surface area contributed by atoms with Crippen LogP contribution in [0.25, 0.3) is 11.0 Å². The molecule has 0 saturated carbocycles. The smallest absolute Gasteiger partial charge is 0.417 e. The molecule has 0 atom stereocenters. The molecular weight excluding hydrogens is 473 g/mol. The van der Waals surface area contributed by atoms with E-state index in [4.69, 9.17) is 21.4 Å². The van der Waals surface area contributed by atoms with Crippen LogP contribution in [0.2, 0.25) is 5.02 Å². The van der Waals surface area contributed by atoms with Gasteiger partial charge in [0.2, 0.25) is 5.88 Å². The van der Waals surface area contributed by atoms with Crippen molar-refractivity contribution in [2.45, 2.75) is 33.2 Å². The lowest BCUT2D eigenvalue weighted by Crippen LogP contribution is -2.09. The van der Waals surface area contributed by atoms with E-state index in [9.17, 15) is 18.0 Å². The van der Waals surface area contributed by atoms with Gasteiger partial charge in [0.1, 0.15) is 12.4 Å². The second-order valence-corrected chi connectivity index (χ2v) is 8.04. The van der Waals surface area contributed by atoms with Gasteiger partial charge in [-0.3, -0.25) is 4.98 Å². The number of aromatic nitrogens is 4. The molecule has 0 unspecified atom stereocenters. The number of halogens is 4. The predicted molar refractivity (Wildman–Crippen MR) is 118 cm³/mol. The van der Waals surface area contributed by atoms with Crippen LogP contribution in [0.5, 0.6) is 5.88 Å². The summed E-state index contributed by atoms with van der Waals surface area (Å²) in [5.41, 5.74) is 2.36. The van der Waals surface area contributed by atoms with E-state index in [0.717, 1.165) is 34.4 Å². The van der Waals surface area contributed by atoms with Crippen molar-refractivity contribution in [2.75, 3.05) is 0 Å². The zero-order valence-electron chi connectivity index (χ0n) is 18.0. The van der Waals surface area contributed by atoms with E-state index < -0.39 is 17.7 Å². The van der Waals surface area contributed by atoms with Crippen molar-refractivity contribution < 1.29 is 27.8 Å². The van der Waals surface area contributed by atoms with Gasteiger partial charge in [0.05, 0.1) is 33.9 Å². The van der Waals surface area contributed by atoms with E-state index in [1.165, 1.54) is 6.07 Å². The number of aryl methyl sites for hydroxylation is 2. The van der Waals surface area contributed by atoms with Gasteiger partial charge in [-0.25, -0.2) is 14.8 Å². The van der Waals surface area contributed by atoms with Crippen LogP contribution in [0.1, 0.15) is 38.7 Å². The molecule has 1 N–H and O–H groups in total. The summed E-state index contributed by atoms with van der Waals surface area (Å²) in [5.74, 6) is -0.342. The van der Waals surface area contributed by atoms with E-state index in [2.05, 4.69) is 15.0 Å². The molecule has 0 bridgehead atoms. The second-order valence-electron chi connectivity index (χ2n) is 7.63. The summed E-state index contributed by atoms with van der Waals surface area (Å²) in [7, 11) is 0. The van der Waals surface area contributed by atoms with Crippen molar-refractivity contribution in [3.8, 4) is 5.88 Å². The summed E-state index contributed by atoms with van der Waals surface area (Å²) < 4.78 is 46.3. The predicted octanol–water partition coefficient (Wildman–Crippen LogP) is 5.44. The normalized spacial score (nSPS) is 11.7. The number of ether oxygens (including phenoxy) is 1. The molecule has 0 saturated heterocycles. The summed E-state index contributed by atoms with van der Waals surface area (Å²) in [6.45, 7) is 3.92. The number of imidazole rings is 1. The fourth-order valence-electron chi connectivity index (χ4n) is 3.52. The van der Waals surface area contributed by atoms with Gasteiger partial charge in [-0.2, -0.15) is 13.2 Å². The molecule has 11 heteroatoms. The maximum Gasteiger partial charge on any atom is 0.417 e. The quantitative estimate of drug-likeness (QED) is 0.387. The Balaban J connectivity index is 1.64. The lowest BCUT2D eigenvalue weighted by molar-refractivity contribution is -0.137. The molecule has 0 aliphatic carbocycles. The summed E-state index contributed by atoms with van der Waals surface area (Å²) in [5, 5.41) is 8.99. The standard InChI is InChI=1S/C23H18ClF3N4O3/c1-12-6-14(11-34-20-5-3-4-17(30-20)22(32)33)7-19-21(12)29-13(2)31(19)10-18-16(24)8-15(9-28-18)23(25,26)27/h3-9H,10-11H2,1-2H3,(H,32,33). The molecule has 3 heterocycles. The first-order valence-electron chi connectivity index (χ1n) is 10.0. The number of hydrogen-bond donors (Lipinski definition) is 1. The van der Waals surface area contributed by atoms with Crippen molar-refractivity contribution in [1.29, 1.82) is 0 Å². The van der Waals surface area contributed by atoms with Gasteiger partial charge in [-0.15, -0.1) is 0 Å². The number of carboxylic acid groups (broad SMARTS) is 1. The highest BCUT2D eigenvalue weighted by Gasteiger charge is 2.31. The molecule has 176 valence electrons. The fraction of sp³-hybridized carbons (Fsp3) is 0.217. The third-order valence-electron chi connectivity index (χ3n) is 5.18. The van der Waals surface area contributed by atoms with Crippen molar-refractivity contribution in [3.05, 3.63) is 81.5 Å². The number of benzene rings is 1. The van der Waals surface area contributed by atoms with Crippen molar-refractivity contribution in [1.82, 2.24) is 19.5 Å². The molecule has 0 spiro atoms. The van der Waals surface area contributed by atoms with Crippen LogP contribution in [-0.2, 0) is 19.3 Å². The number of alkyl halides is 3. The summed E-state index contributed by atoms with van der Waals surface area (Å²) in [4.78, 5) is 23.6. The Hall–Kier alpha value is -3.66. The number of hydrogen-bond acceptors (Lipinski definition) is 5. The first-order valence-corrected chi connectivity index (χ1v) is 10.4. The Labute approximate surface area is 196 Å². The van der Waals surface area contributed by atoms with Crippen LogP contribution in [0.4, 0.5) is 13.2 Å². The third kappa shape index (κ3) is 4.81. The second kappa shape index (κ2) is 8.94. The molecule has 0 fully saturated rings. The molecule has 4 rings (SSSR count). The van der Waals surface area contributed by atoms with Crippen LogP contribution in [0.15, 0.2) is 42.6 Å². The highest BCUT2D eigenvalue weighted by atomic mass is 35.5. The summed E-state index contributed by atoms with van der Waals surface area (Å²) in [6, 6.07) is 9.07. The molecule has 4 aromatic rings. The van der Waals surface area contributed by atoms with Gasteiger partial charge in [0.25, 0.3) is 0 Å². The Kier molecular flexibility index (Phi) is 6.18. The van der Waals surface area contributed by atoms with Gasteiger partial charge in [-0.05, 0) is 43.2 Å². The number of rotatable bonds is 6. The average Bonchev–Trinajstić information content (AvgIpc) is 3.09. The Morgan fingerprint density at radius 2 is 1.94 bits per heavy atom. The summed E-state index contributed by atoms with van der Waals surface area (Å²) in [6.07, 6.45) is -3.77. The topological polar surface area (TPSA) is 90.1 Å². The van der Waals surface area contributed by atoms with Gasteiger partial charge < -0.3 is 14.4 Å². The third-order valence-corrected chi connectivity index (χ3v) is 5.50. The van der Waals surface area contributed by atoms with E-state index in [1.54, 1.807) is 19.1 Å². The molecule has 3 aromatic heterocycles. The SMILES string of the molecule is Cc1cc(COc2cccc(C(=O)O)n2)cc2c1nc(C)n2Cc1ncc(C(F)(F)F)cc1Cl. The molecule has 34 heavy (non-hydrogen) atoms. The first-order chi connectivity index (χ1) is 16.0. The fourth-order valence-corrected chi connectivity index (χ4v) is 3.75. The maximum absolute atomic E-state index is 12.9. The van der Waals surface area contributed by atoms with E-state index >= 15 is 0 Å². The number of aromatic carboxylic acids is 1. The van der Waals surface area contributed by atoms with E-state index in [0.29, 0.717) is 5.82 Å². The average molecular weight is 491 g/mol. The zero-order chi connectivity index (χ0) is 24.6. The Morgan fingerprint density at radius 3 is 2.62 bits per heavy atom. The Morgan fingerprint density at radius 1 is 1.18 bits per heavy atom. The van der Waals surface area contributed by atoms with Gasteiger partial charge >= 0.3 is 12.1 Å². The summed E-state index contributed by atoms with van der Waals surface area (Å²) >= 11 is 6.11. The minimum Gasteiger partial charge on any atom is -0.477 e. The zero-order valence-corrected chi connectivity index (χ0v) is 18.8. The highest BCUT2D eigenvalue weighted by Crippen LogP contribution is 2.32. The van der Waals surface area contributed by atoms with Crippen LogP contribution in [0.3, 0.4) is 0 Å². The lowest BCUT2D eigenvalue weighted by Gasteiger charge is -2.12. The number of fused-ring (bicyclic) bond motifs is 1. The number of carbonyl (C=O) groups is 1. The highest BCUT2D eigenvalue weighted by molar-refractivity contribution is 6.31. The minimum absolute atomic E-state index is 0.0864. The van der Waals surface area contributed by atoms with Crippen molar-refractivity contribution >= 4 is 28.6 Å². The molecule has 0 aliphatic rings. The molecule has 0 amide bonds. The molecule has 0 aliphatic heterocycles. The molecular formula is C23H18ClF3N4O3. The van der Waals surface area contributed by atoms with E-state index in [1.807, 2.05) is 23.6 Å². The number of nitrogens with zero attached hydrogens (tertiary/aromatic N) is 4. The first kappa shape index (κ1) is 23.5. The van der Waals surface area contributed by atoms with Crippen LogP contribution in [0, 0.1) is 13.8 Å². The number of carboxylic acids is 1. The van der Waals surface area contributed by atoms with Gasteiger partial charge in [0, 0.05) is 12.3 Å². The van der Waals surface area contributed by atoms with E-state index in [-0.39, 0.29) is 35.4 Å². The lowest BCUT2D eigenvalue weighted by atomic mass is 10.1. The van der Waals surface area contributed by atoms with Crippen LogP contribution in [-0.4, -0.2) is 30.6 Å². The Bertz CT molecular complexity index is 1400. The van der Waals surface area contributed by atoms with Crippen LogP contribution >= 0.6 is 11.6 Å². The minimum atomic E-state index is -4.53. The number of pyridine rings is 2. The largest absolute Gasteiger partial charge is 0.477 e. The molecule has 7 nitrogen and oxygen atoms in total. The molecule has 1 aromatic carbocycles. The molecule has 0 radical (unpaired) electrons. The van der Waals surface area contributed by atoms with Crippen molar-refractivity contribution in [3.63, 3.8) is 0 Å². The van der Waals surface area contributed by atoms with Gasteiger partial charge in [-0.1, -0.05) is 23.7 Å². The van der Waals surface area contributed by atoms with Crippen LogP contribution < -0.4 is 4.74 Å². The van der Waals surface area contributed by atoms with Gasteiger partial charge in [0.15, 0.2) is 5.69 Å². The van der Waals surface area contributed by atoms with Crippen molar-refractivity contribution in [2.24, 2.45) is 0 Å². The maximum atomic E-state index is 12.9.